The lowest BCUT2D eigenvalue weighted by Gasteiger charge is -2.25. The molecule has 0 bridgehead atoms. The Bertz CT molecular complexity index is 1560. The molecule has 4 aromatic rings. The van der Waals surface area contributed by atoms with Crippen LogP contribution in [0.2, 0.25) is 0 Å². The Hall–Kier alpha value is -5.15. The number of ether oxygens (including phenoxy) is 2. The van der Waals surface area contributed by atoms with Gasteiger partial charge in [0.2, 0.25) is 5.91 Å². The van der Waals surface area contributed by atoms with Crippen LogP contribution in [0.15, 0.2) is 97.1 Å². The molecule has 0 unspecified atom stereocenters. The van der Waals surface area contributed by atoms with E-state index in [0.29, 0.717) is 0 Å². The van der Waals surface area contributed by atoms with Crippen LogP contribution in [0, 0.1) is 0 Å². The second kappa shape index (κ2) is 12.6. The monoisotopic (exact) mass is 566 g/mol. The van der Waals surface area contributed by atoms with E-state index in [1.807, 2.05) is 78.9 Å². The summed E-state index contributed by atoms with van der Waals surface area (Å²) in [5.74, 6) is -2.60. The molecule has 0 saturated heterocycles. The van der Waals surface area contributed by atoms with E-state index in [-0.39, 0.29) is 30.4 Å². The molecule has 1 aliphatic carbocycles. The first-order chi connectivity index (χ1) is 20.3. The van der Waals surface area contributed by atoms with E-state index < -0.39 is 35.9 Å². The van der Waals surface area contributed by atoms with Crippen molar-refractivity contribution in [3.05, 3.63) is 119 Å². The van der Waals surface area contributed by atoms with Gasteiger partial charge in [0.1, 0.15) is 24.0 Å². The van der Waals surface area contributed by atoms with Crippen molar-refractivity contribution in [2.45, 2.75) is 31.6 Å². The highest BCUT2D eigenvalue weighted by Crippen LogP contribution is 2.44. The van der Waals surface area contributed by atoms with Crippen molar-refractivity contribution in [3.63, 3.8) is 0 Å². The topological polar surface area (TPSA) is 134 Å². The smallest absolute Gasteiger partial charge is 0.407 e. The van der Waals surface area contributed by atoms with Gasteiger partial charge >= 0.3 is 12.1 Å². The molecule has 9 nitrogen and oxygen atoms in total. The van der Waals surface area contributed by atoms with Gasteiger partial charge < -0.3 is 30.3 Å². The van der Waals surface area contributed by atoms with Crippen molar-refractivity contribution in [1.29, 1.82) is 0 Å². The Kier molecular flexibility index (Phi) is 8.50. The molecule has 0 fully saturated rings. The quantitative estimate of drug-likeness (QED) is 0.198. The number of benzene rings is 4. The maximum Gasteiger partial charge on any atom is 0.407 e. The summed E-state index contributed by atoms with van der Waals surface area (Å²) in [4.78, 5) is 37.7. The normalized spacial score (nSPS) is 13.4. The molecule has 42 heavy (non-hydrogen) atoms. The zero-order chi connectivity index (χ0) is 29.6. The molecule has 0 aliphatic heterocycles. The van der Waals surface area contributed by atoms with E-state index in [1.165, 1.54) is 12.1 Å². The molecule has 0 radical (unpaired) electrons. The van der Waals surface area contributed by atoms with Gasteiger partial charge in [0.05, 0.1) is 12.7 Å². The molecule has 2 atom stereocenters. The number of nitrogens with one attached hydrogen (secondary N) is 2. The predicted molar refractivity (Wildman–Crippen MR) is 156 cm³/mol. The number of rotatable bonds is 10. The zero-order valence-electron chi connectivity index (χ0n) is 22.8. The van der Waals surface area contributed by atoms with Crippen LogP contribution in [0.3, 0.4) is 0 Å². The van der Waals surface area contributed by atoms with E-state index in [0.717, 1.165) is 33.9 Å². The molecule has 9 heteroatoms. The van der Waals surface area contributed by atoms with Crippen molar-refractivity contribution in [2.75, 3.05) is 11.9 Å². The average molecular weight is 567 g/mol. The molecular weight excluding hydrogens is 536 g/mol. The van der Waals surface area contributed by atoms with E-state index in [1.54, 1.807) is 6.92 Å². The fraction of sp³-hybridized carbons (Fsp3) is 0.182. The minimum absolute atomic E-state index is 0.0674. The van der Waals surface area contributed by atoms with Crippen LogP contribution in [0.1, 0.15) is 39.9 Å². The van der Waals surface area contributed by atoms with E-state index in [4.69, 9.17) is 14.6 Å². The highest BCUT2D eigenvalue weighted by Gasteiger charge is 2.32. The van der Waals surface area contributed by atoms with Crippen LogP contribution in [-0.4, -0.2) is 46.9 Å². The third-order valence-electron chi connectivity index (χ3n) is 7.22. The predicted octanol–water partition coefficient (Wildman–Crippen LogP) is 5.54. The second-order valence-corrected chi connectivity index (χ2v) is 9.98. The Morgan fingerprint density at radius 3 is 2.10 bits per heavy atom. The molecule has 1 aliphatic rings. The summed E-state index contributed by atoms with van der Waals surface area (Å²) in [6.45, 7) is 1.92. The SMILES string of the molecule is C[C@H](OCc1ccccc1)[C@@H](NC(=O)OCC1c2ccccc2-c2ccccc21)C(=O)Nc1ccc(C(=O)O)c(O)c1. The van der Waals surface area contributed by atoms with Gasteiger partial charge in [-0.1, -0.05) is 78.9 Å². The highest BCUT2D eigenvalue weighted by molar-refractivity contribution is 5.98. The minimum atomic E-state index is -1.30. The highest BCUT2D eigenvalue weighted by atomic mass is 16.5. The number of aromatic carboxylic acids is 1. The Morgan fingerprint density at radius 2 is 1.48 bits per heavy atom. The number of amides is 2. The van der Waals surface area contributed by atoms with Gasteiger partial charge in [-0.15, -0.1) is 0 Å². The first kappa shape index (κ1) is 28.4. The molecule has 5 rings (SSSR count). The number of hydrogen-bond acceptors (Lipinski definition) is 6. The maximum absolute atomic E-state index is 13.4. The Labute approximate surface area is 242 Å². The third-order valence-corrected chi connectivity index (χ3v) is 7.22. The van der Waals surface area contributed by atoms with Crippen LogP contribution >= 0.6 is 0 Å². The number of carboxylic acid groups (broad SMARTS) is 1. The first-order valence-corrected chi connectivity index (χ1v) is 13.5. The lowest BCUT2D eigenvalue weighted by molar-refractivity contribution is -0.121. The van der Waals surface area contributed by atoms with Gasteiger partial charge in [0.15, 0.2) is 0 Å². The summed E-state index contributed by atoms with van der Waals surface area (Å²) in [6, 6.07) is 27.8. The van der Waals surface area contributed by atoms with Crippen LogP contribution in [-0.2, 0) is 20.9 Å². The molecule has 0 heterocycles. The summed E-state index contributed by atoms with van der Waals surface area (Å²) in [6.07, 6.45) is -1.58. The van der Waals surface area contributed by atoms with Crippen molar-refractivity contribution in [3.8, 4) is 16.9 Å². The van der Waals surface area contributed by atoms with E-state index in [2.05, 4.69) is 10.6 Å². The zero-order valence-corrected chi connectivity index (χ0v) is 22.8. The Balaban J connectivity index is 1.29. The van der Waals surface area contributed by atoms with Gasteiger partial charge in [-0.2, -0.15) is 0 Å². The summed E-state index contributed by atoms with van der Waals surface area (Å²) >= 11 is 0. The van der Waals surface area contributed by atoms with Crippen LogP contribution in [0.5, 0.6) is 5.75 Å². The number of fused-ring (bicyclic) bond motifs is 3. The number of carboxylic acids is 1. The second-order valence-electron chi connectivity index (χ2n) is 9.98. The number of carbonyl (C=O) groups is 3. The van der Waals surface area contributed by atoms with Gasteiger partial charge in [0.25, 0.3) is 0 Å². The van der Waals surface area contributed by atoms with Crippen molar-refractivity contribution < 1.29 is 34.1 Å². The van der Waals surface area contributed by atoms with Crippen molar-refractivity contribution >= 4 is 23.7 Å². The number of phenols is 1. The number of aromatic hydroxyl groups is 1. The lowest BCUT2D eigenvalue weighted by atomic mass is 9.98. The number of hydrogen-bond donors (Lipinski definition) is 4. The van der Waals surface area contributed by atoms with E-state index >= 15 is 0 Å². The molecule has 0 saturated carbocycles. The van der Waals surface area contributed by atoms with E-state index in [9.17, 15) is 19.5 Å². The van der Waals surface area contributed by atoms with Crippen LogP contribution in [0.4, 0.5) is 10.5 Å². The van der Waals surface area contributed by atoms with Gasteiger partial charge in [-0.3, -0.25) is 4.79 Å². The average Bonchev–Trinajstić information content (AvgIpc) is 3.31. The minimum Gasteiger partial charge on any atom is -0.507 e. The fourth-order valence-electron chi connectivity index (χ4n) is 5.07. The van der Waals surface area contributed by atoms with Crippen LogP contribution in [0.25, 0.3) is 11.1 Å². The fourth-order valence-corrected chi connectivity index (χ4v) is 5.07. The molecule has 214 valence electrons. The third kappa shape index (κ3) is 6.26. The molecule has 0 aromatic heterocycles. The van der Waals surface area contributed by atoms with Crippen LogP contribution < -0.4 is 10.6 Å². The number of alkyl carbamates (subject to hydrolysis) is 1. The molecule has 4 N–H and O–H groups in total. The standard InChI is InChI=1S/C33H30N2O7/c1-20(41-18-21-9-3-2-4-10-21)30(31(37)34-22-15-16-27(32(38)39)29(36)17-22)35-33(40)42-19-28-25-13-7-5-11-23(25)24-12-6-8-14-26(24)28/h2-17,20,28,30,36H,18-19H2,1H3,(H,34,37)(H,35,40)(H,38,39)/t20-,30+/m0/s1. The molecule has 0 spiro atoms. The Morgan fingerprint density at radius 1 is 0.857 bits per heavy atom. The summed E-state index contributed by atoms with van der Waals surface area (Å²) in [5.41, 5.74) is 5.05. The summed E-state index contributed by atoms with van der Waals surface area (Å²) in [5, 5.41) is 24.5. The van der Waals surface area contributed by atoms with Crippen molar-refractivity contribution in [2.24, 2.45) is 0 Å². The molecule has 4 aromatic carbocycles. The molecular formula is C33H30N2O7. The number of carbonyl (C=O) groups excluding carboxylic acids is 2. The van der Waals surface area contributed by atoms with Gasteiger partial charge in [0, 0.05) is 17.7 Å². The van der Waals surface area contributed by atoms with Gasteiger partial charge in [-0.05, 0) is 46.9 Å². The van der Waals surface area contributed by atoms with Gasteiger partial charge in [-0.25, -0.2) is 9.59 Å². The first-order valence-electron chi connectivity index (χ1n) is 13.5. The maximum atomic E-state index is 13.4. The summed E-state index contributed by atoms with van der Waals surface area (Å²) in [7, 11) is 0. The summed E-state index contributed by atoms with van der Waals surface area (Å²) < 4.78 is 11.6. The number of anilines is 1. The largest absolute Gasteiger partial charge is 0.507 e. The van der Waals surface area contributed by atoms with Crippen molar-refractivity contribution in [1.82, 2.24) is 5.32 Å². The molecule has 2 amide bonds. The lowest BCUT2D eigenvalue weighted by Crippen LogP contribution is -2.51.